The first-order valence-electron chi connectivity index (χ1n) is 8.15. The summed E-state index contributed by atoms with van der Waals surface area (Å²) in [4.78, 5) is 7.17. The fourth-order valence-corrected chi connectivity index (χ4v) is 2.82. The highest BCUT2D eigenvalue weighted by atomic mass is 15.2. The summed E-state index contributed by atoms with van der Waals surface area (Å²) in [6.45, 7) is 10.8. The van der Waals surface area contributed by atoms with Gasteiger partial charge in [0.1, 0.15) is 5.82 Å². The molecule has 1 aliphatic rings. The molecule has 0 saturated heterocycles. The molecule has 0 radical (unpaired) electrons. The van der Waals surface area contributed by atoms with Crippen LogP contribution in [0.4, 0.5) is 5.82 Å². The van der Waals surface area contributed by atoms with Crippen LogP contribution >= 0.6 is 0 Å². The normalized spacial score (nSPS) is 15.2. The number of nitrogens with one attached hydrogen (secondary N) is 1. The van der Waals surface area contributed by atoms with Gasteiger partial charge < -0.3 is 10.2 Å². The number of aryl methyl sites for hydroxylation is 1. The van der Waals surface area contributed by atoms with Crippen LogP contribution in [-0.4, -0.2) is 24.6 Å². The number of pyridine rings is 1. The van der Waals surface area contributed by atoms with Crippen molar-refractivity contribution in [1.29, 1.82) is 0 Å². The van der Waals surface area contributed by atoms with Crippen LogP contribution in [0.3, 0.4) is 0 Å². The molecule has 1 fully saturated rings. The smallest absolute Gasteiger partial charge is 0.131 e. The van der Waals surface area contributed by atoms with Crippen LogP contribution in [0.2, 0.25) is 0 Å². The largest absolute Gasteiger partial charge is 0.356 e. The van der Waals surface area contributed by atoms with Gasteiger partial charge >= 0.3 is 0 Å². The van der Waals surface area contributed by atoms with Gasteiger partial charge in [-0.1, -0.05) is 13.3 Å². The Labute approximate surface area is 123 Å². The Hall–Kier alpha value is -1.09. The predicted molar refractivity (Wildman–Crippen MR) is 86.2 cm³/mol. The summed E-state index contributed by atoms with van der Waals surface area (Å²) in [5, 5.41) is 3.44. The fraction of sp³-hybridized carbons (Fsp3) is 0.706. The minimum Gasteiger partial charge on any atom is -0.356 e. The second-order valence-electron chi connectivity index (χ2n) is 6.00. The van der Waals surface area contributed by atoms with E-state index < -0.39 is 0 Å². The van der Waals surface area contributed by atoms with Crippen molar-refractivity contribution in [3.63, 3.8) is 0 Å². The van der Waals surface area contributed by atoms with Gasteiger partial charge in [0.15, 0.2) is 0 Å². The third kappa shape index (κ3) is 3.95. The average Bonchev–Trinajstić information content (AvgIpc) is 2.39. The van der Waals surface area contributed by atoms with E-state index >= 15 is 0 Å². The minimum absolute atomic E-state index is 0.891. The first-order chi connectivity index (χ1) is 9.74. The van der Waals surface area contributed by atoms with Gasteiger partial charge in [0, 0.05) is 25.8 Å². The lowest BCUT2D eigenvalue weighted by Gasteiger charge is -2.33. The molecule has 2 rings (SSSR count). The van der Waals surface area contributed by atoms with Crippen LogP contribution in [-0.2, 0) is 6.54 Å². The van der Waals surface area contributed by atoms with E-state index in [1.165, 1.54) is 49.2 Å². The Morgan fingerprint density at radius 1 is 1.35 bits per heavy atom. The van der Waals surface area contributed by atoms with E-state index in [0.717, 1.165) is 25.6 Å². The summed E-state index contributed by atoms with van der Waals surface area (Å²) in [5.41, 5.74) is 2.60. The van der Waals surface area contributed by atoms with Crippen molar-refractivity contribution in [1.82, 2.24) is 10.3 Å². The highest BCUT2D eigenvalue weighted by molar-refractivity contribution is 5.47. The van der Waals surface area contributed by atoms with Crippen LogP contribution in [0.5, 0.6) is 0 Å². The minimum atomic E-state index is 0.891. The fourth-order valence-electron chi connectivity index (χ4n) is 2.82. The summed E-state index contributed by atoms with van der Waals surface area (Å²) in [7, 11) is 0. The molecule has 0 atom stereocenters. The lowest BCUT2D eigenvalue weighted by Crippen LogP contribution is -2.33. The first-order valence-corrected chi connectivity index (χ1v) is 8.15. The van der Waals surface area contributed by atoms with Gasteiger partial charge in [-0.3, -0.25) is 0 Å². The van der Waals surface area contributed by atoms with Gasteiger partial charge in [0.05, 0.1) is 0 Å². The Morgan fingerprint density at radius 3 is 2.70 bits per heavy atom. The SMILES string of the molecule is CCCNCc1cnc(N(CC)CC2CCC2)c(C)c1. The molecule has 1 saturated carbocycles. The number of hydrogen-bond acceptors (Lipinski definition) is 3. The lowest BCUT2D eigenvalue weighted by atomic mass is 9.85. The molecule has 1 aromatic heterocycles. The second-order valence-corrected chi connectivity index (χ2v) is 6.00. The highest BCUT2D eigenvalue weighted by Gasteiger charge is 2.21. The van der Waals surface area contributed by atoms with Gasteiger partial charge in [-0.15, -0.1) is 0 Å². The molecule has 1 aromatic rings. The van der Waals surface area contributed by atoms with E-state index in [4.69, 9.17) is 4.98 Å². The van der Waals surface area contributed by atoms with Crippen molar-refractivity contribution in [2.24, 2.45) is 5.92 Å². The summed E-state index contributed by atoms with van der Waals surface area (Å²) in [6, 6.07) is 2.29. The molecule has 1 aliphatic carbocycles. The van der Waals surface area contributed by atoms with Crippen LogP contribution < -0.4 is 10.2 Å². The first kappa shape index (κ1) is 15.3. The van der Waals surface area contributed by atoms with Crippen LogP contribution in [0.1, 0.15) is 50.7 Å². The number of aromatic nitrogens is 1. The maximum absolute atomic E-state index is 4.73. The quantitative estimate of drug-likeness (QED) is 0.736. The van der Waals surface area contributed by atoms with E-state index in [1.807, 2.05) is 6.20 Å². The van der Waals surface area contributed by atoms with Crippen molar-refractivity contribution in [2.75, 3.05) is 24.5 Å². The van der Waals surface area contributed by atoms with Gasteiger partial charge in [-0.05, 0) is 62.8 Å². The van der Waals surface area contributed by atoms with Crippen LogP contribution in [0.15, 0.2) is 12.3 Å². The second kappa shape index (κ2) is 7.63. The Balaban J connectivity index is 1.98. The van der Waals surface area contributed by atoms with E-state index in [9.17, 15) is 0 Å². The van der Waals surface area contributed by atoms with Gasteiger partial charge in [0.25, 0.3) is 0 Å². The molecule has 0 aromatic carbocycles. The topological polar surface area (TPSA) is 28.2 Å². The lowest BCUT2D eigenvalue weighted by molar-refractivity contribution is 0.318. The molecule has 3 nitrogen and oxygen atoms in total. The summed E-state index contributed by atoms with van der Waals surface area (Å²) >= 11 is 0. The van der Waals surface area contributed by atoms with Crippen LogP contribution in [0.25, 0.3) is 0 Å². The number of nitrogens with zero attached hydrogens (tertiary/aromatic N) is 2. The zero-order valence-electron chi connectivity index (χ0n) is 13.3. The predicted octanol–water partition coefficient (Wildman–Crippen LogP) is 3.52. The molecule has 0 aliphatic heterocycles. The highest BCUT2D eigenvalue weighted by Crippen LogP contribution is 2.29. The van der Waals surface area contributed by atoms with E-state index in [2.05, 4.69) is 37.1 Å². The maximum atomic E-state index is 4.73. The maximum Gasteiger partial charge on any atom is 0.131 e. The molecular formula is C17H29N3. The zero-order chi connectivity index (χ0) is 14.4. The molecule has 0 spiro atoms. The molecule has 0 amide bonds. The van der Waals surface area contributed by atoms with Crippen LogP contribution in [0, 0.1) is 12.8 Å². The zero-order valence-corrected chi connectivity index (χ0v) is 13.3. The molecule has 0 bridgehead atoms. The van der Waals surface area contributed by atoms with E-state index in [0.29, 0.717) is 0 Å². The van der Waals surface area contributed by atoms with Crippen molar-refractivity contribution in [3.05, 3.63) is 23.4 Å². The summed E-state index contributed by atoms with van der Waals surface area (Å²) in [6.07, 6.45) is 7.42. The van der Waals surface area contributed by atoms with Gasteiger partial charge in [-0.25, -0.2) is 4.98 Å². The molecular weight excluding hydrogens is 246 g/mol. The number of anilines is 1. The standard InChI is InChI=1S/C17H29N3/c1-4-9-18-11-16-10-14(3)17(19-12-16)20(5-2)13-15-7-6-8-15/h10,12,15,18H,4-9,11,13H2,1-3H3. The summed E-state index contributed by atoms with van der Waals surface area (Å²) in [5.74, 6) is 2.07. The molecule has 3 heteroatoms. The van der Waals surface area contributed by atoms with Crippen molar-refractivity contribution < 1.29 is 0 Å². The van der Waals surface area contributed by atoms with Gasteiger partial charge in [-0.2, -0.15) is 0 Å². The number of hydrogen-bond donors (Lipinski definition) is 1. The van der Waals surface area contributed by atoms with E-state index in [-0.39, 0.29) is 0 Å². The Kier molecular flexibility index (Phi) is 5.84. The number of rotatable bonds is 8. The van der Waals surface area contributed by atoms with Crippen molar-refractivity contribution >= 4 is 5.82 Å². The molecule has 1 N–H and O–H groups in total. The monoisotopic (exact) mass is 275 g/mol. The Morgan fingerprint density at radius 2 is 2.15 bits per heavy atom. The molecule has 112 valence electrons. The molecule has 20 heavy (non-hydrogen) atoms. The van der Waals surface area contributed by atoms with Gasteiger partial charge in [0.2, 0.25) is 0 Å². The van der Waals surface area contributed by atoms with Crippen molar-refractivity contribution in [2.45, 2.75) is 53.0 Å². The molecule has 0 unspecified atom stereocenters. The average molecular weight is 275 g/mol. The third-order valence-electron chi connectivity index (χ3n) is 4.25. The third-order valence-corrected chi connectivity index (χ3v) is 4.25. The van der Waals surface area contributed by atoms with E-state index in [1.54, 1.807) is 0 Å². The summed E-state index contributed by atoms with van der Waals surface area (Å²) < 4.78 is 0. The van der Waals surface area contributed by atoms with Crippen molar-refractivity contribution in [3.8, 4) is 0 Å². The Bertz CT molecular complexity index is 413. The molecule has 1 heterocycles.